The number of nitrogens with zero attached hydrogens (tertiary/aromatic N) is 3. The summed E-state index contributed by atoms with van der Waals surface area (Å²) in [6, 6.07) is 6.81. The van der Waals surface area contributed by atoms with Crippen LogP contribution in [-0.4, -0.2) is 49.2 Å². The second-order valence-electron chi connectivity index (χ2n) is 5.52. The van der Waals surface area contributed by atoms with E-state index in [1.54, 1.807) is 18.2 Å². The summed E-state index contributed by atoms with van der Waals surface area (Å²) in [5.41, 5.74) is 0. The minimum absolute atomic E-state index is 0.239. The summed E-state index contributed by atoms with van der Waals surface area (Å²) in [6.07, 6.45) is 1.29. The van der Waals surface area contributed by atoms with Gasteiger partial charge in [0.15, 0.2) is 0 Å². The quantitative estimate of drug-likeness (QED) is 0.803. The zero-order valence-electron chi connectivity index (χ0n) is 13.5. The molecule has 0 bridgehead atoms. The van der Waals surface area contributed by atoms with Gasteiger partial charge in [0.25, 0.3) is 10.0 Å². The monoisotopic (exact) mass is 369 g/mol. The van der Waals surface area contributed by atoms with Crippen LogP contribution in [0.25, 0.3) is 0 Å². The number of aromatic nitrogens is 2. The number of hydrogen-bond donors (Lipinski definition) is 0. The van der Waals surface area contributed by atoms with Gasteiger partial charge in [0.2, 0.25) is 11.8 Å². The molecule has 1 aliphatic heterocycles. The van der Waals surface area contributed by atoms with E-state index in [4.69, 9.17) is 9.47 Å². The highest BCUT2D eigenvalue weighted by Gasteiger charge is 2.32. The maximum atomic E-state index is 12.7. The fraction of sp³-hybridized carbons (Fsp3) is 0.467. The summed E-state index contributed by atoms with van der Waals surface area (Å²) in [5.74, 6) is 0.773. The maximum Gasteiger partial charge on any atom is 0.252 e. The van der Waals surface area contributed by atoms with Gasteiger partial charge in [-0.25, -0.2) is 8.42 Å². The molecule has 1 unspecified atom stereocenters. The lowest BCUT2D eigenvalue weighted by molar-refractivity contribution is 0.123. The lowest BCUT2D eigenvalue weighted by Crippen LogP contribution is -2.44. The molecule has 3 rings (SSSR count). The average Bonchev–Trinajstić information content (AvgIpc) is 3.03. The molecule has 24 heavy (non-hydrogen) atoms. The summed E-state index contributed by atoms with van der Waals surface area (Å²) in [5, 5.41) is 7.78. The first-order valence-electron chi connectivity index (χ1n) is 7.60. The van der Waals surface area contributed by atoms with Crippen molar-refractivity contribution < 1.29 is 17.9 Å². The Balaban J connectivity index is 1.69. The molecule has 1 atom stereocenters. The molecule has 7 nitrogen and oxygen atoms in total. The SMILES string of the molecule is COc1ccc(OC2CCCN(S(=O)(=O)c3ccc(C)s3)C2)nn1. The Morgan fingerprint density at radius 2 is 1.96 bits per heavy atom. The van der Waals surface area contributed by atoms with Crippen molar-refractivity contribution >= 4 is 21.4 Å². The van der Waals surface area contributed by atoms with Crippen LogP contribution in [0.4, 0.5) is 0 Å². The van der Waals surface area contributed by atoms with Crippen molar-refractivity contribution in [2.45, 2.75) is 30.1 Å². The molecule has 1 saturated heterocycles. The number of hydrogen-bond acceptors (Lipinski definition) is 7. The van der Waals surface area contributed by atoms with Gasteiger partial charge < -0.3 is 9.47 Å². The lowest BCUT2D eigenvalue weighted by Gasteiger charge is -2.31. The second-order valence-corrected chi connectivity index (χ2v) is 8.98. The predicted molar refractivity (Wildman–Crippen MR) is 90.0 cm³/mol. The van der Waals surface area contributed by atoms with Crippen molar-refractivity contribution in [2.75, 3.05) is 20.2 Å². The Bertz CT molecular complexity index is 789. The van der Waals surface area contributed by atoms with Crippen molar-refractivity contribution in [1.82, 2.24) is 14.5 Å². The van der Waals surface area contributed by atoms with Gasteiger partial charge >= 0.3 is 0 Å². The van der Waals surface area contributed by atoms with Gasteiger partial charge in [-0.15, -0.1) is 21.5 Å². The van der Waals surface area contributed by atoms with E-state index in [1.165, 1.54) is 22.8 Å². The highest BCUT2D eigenvalue weighted by Crippen LogP contribution is 2.27. The molecular weight excluding hydrogens is 350 g/mol. The fourth-order valence-electron chi connectivity index (χ4n) is 2.55. The summed E-state index contributed by atoms with van der Waals surface area (Å²) in [7, 11) is -1.95. The summed E-state index contributed by atoms with van der Waals surface area (Å²) >= 11 is 1.29. The highest BCUT2D eigenvalue weighted by molar-refractivity contribution is 7.91. The molecule has 130 valence electrons. The van der Waals surface area contributed by atoms with Gasteiger partial charge in [-0.2, -0.15) is 4.31 Å². The first-order chi connectivity index (χ1) is 11.5. The number of methoxy groups -OCH3 is 1. The molecule has 0 radical (unpaired) electrons. The lowest BCUT2D eigenvalue weighted by atomic mass is 10.1. The summed E-state index contributed by atoms with van der Waals surface area (Å²) in [6.45, 7) is 2.72. The smallest absolute Gasteiger partial charge is 0.252 e. The van der Waals surface area contributed by atoms with Crippen LogP contribution in [-0.2, 0) is 10.0 Å². The van der Waals surface area contributed by atoms with Gasteiger partial charge in [0.1, 0.15) is 10.3 Å². The van der Waals surface area contributed by atoms with Gasteiger partial charge in [-0.1, -0.05) is 0 Å². The third-order valence-corrected chi connectivity index (χ3v) is 7.10. The maximum absolute atomic E-state index is 12.7. The van der Waals surface area contributed by atoms with Crippen molar-refractivity contribution in [3.63, 3.8) is 0 Å². The molecule has 1 fully saturated rings. The van der Waals surface area contributed by atoms with Crippen molar-refractivity contribution in [2.24, 2.45) is 0 Å². The Labute approximate surface area is 145 Å². The predicted octanol–water partition coefficient (Wildman–Crippen LogP) is 2.09. The Morgan fingerprint density at radius 1 is 1.21 bits per heavy atom. The molecule has 3 heterocycles. The molecular formula is C15H19N3O4S2. The fourth-order valence-corrected chi connectivity index (χ4v) is 5.50. The summed E-state index contributed by atoms with van der Waals surface area (Å²) in [4.78, 5) is 0.979. The van der Waals surface area contributed by atoms with E-state index in [-0.39, 0.29) is 6.10 Å². The number of aryl methyl sites for hydroxylation is 1. The molecule has 0 spiro atoms. The van der Waals surface area contributed by atoms with Crippen LogP contribution in [0.3, 0.4) is 0 Å². The van der Waals surface area contributed by atoms with E-state index in [9.17, 15) is 8.42 Å². The summed E-state index contributed by atoms with van der Waals surface area (Å²) < 4.78 is 38.1. The van der Waals surface area contributed by atoms with Crippen LogP contribution in [0, 0.1) is 6.92 Å². The zero-order valence-corrected chi connectivity index (χ0v) is 15.1. The molecule has 0 aliphatic carbocycles. The molecule has 0 amide bonds. The first kappa shape index (κ1) is 17.1. The molecule has 2 aromatic rings. The van der Waals surface area contributed by atoms with Crippen LogP contribution in [0.1, 0.15) is 17.7 Å². The molecule has 9 heteroatoms. The van der Waals surface area contributed by atoms with Gasteiger partial charge in [-0.3, -0.25) is 0 Å². The van der Waals surface area contributed by atoms with Crippen LogP contribution in [0.5, 0.6) is 11.8 Å². The highest BCUT2D eigenvalue weighted by atomic mass is 32.2. The second kappa shape index (κ2) is 7.04. The number of thiophene rings is 1. The Hall–Kier alpha value is -1.71. The van der Waals surface area contributed by atoms with E-state index in [1.807, 2.05) is 13.0 Å². The van der Waals surface area contributed by atoms with Crippen LogP contribution in [0.2, 0.25) is 0 Å². The molecule has 1 aliphatic rings. The van der Waals surface area contributed by atoms with Gasteiger partial charge in [0, 0.05) is 23.6 Å². The molecule has 0 N–H and O–H groups in total. The van der Waals surface area contributed by atoms with Crippen LogP contribution >= 0.6 is 11.3 Å². The van der Waals surface area contributed by atoms with Crippen molar-refractivity contribution in [1.29, 1.82) is 0 Å². The van der Waals surface area contributed by atoms with E-state index < -0.39 is 10.0 Å². The minimum Gasteiger partial charge on any atom is -0.480 e. The molecule has 2 aromatic heterocycles. The first-order valence-corrected chi connectivity index (χ1v) is 9.85. The number of sulfonamides is 1. The van der Waals surface area contributed by atoms with Crippen LogP contribution in [0.15, 0.2) is 28.5 Å². The van der Waals surface area contributed by atoms with Gasteiger partial charge in [0.05, 0.1) is 13.7 Å². The molecule has 0 saturated carbocycles. The van der Waals surface area contributed by atoms with E-state index >= 15 is 0 Å². The standard InChI is InChI=1S/C15H19N3O4S2/c1-11-5-8-15(23-11)24(19,20)18-9-3-4-12(10-18)22-14-7-6-13(21-2)16-17-14/h5-8,12H,3-4,9-10H2,1-2H3. The zero-order chi connectivity index (χ0) is 17.2. The Morgan fingerprint density at radius 3 is 2.58 bits per heavy atom. The van der Waals surface area contributed by atoms with E-state index in [2.05, 4.69) is 10.2 Å². The average molecular weight is 369 g/mol. The largest absolute Gasteiger partial charge is 0.480 e. The van der Waals surface area contributed by atoms with Crippen molar-refractivity contribution in [3.8, 4) is 11.8 Å². The number of rotatable bonds is 5. The number of piperidine rings is 1. The third-order valence-electron chi connectivity index (χ3n) is 3.76. The molecule has 0 aromatic carbocycles. The Kier molecular flexibility index (Phi) is 5.02. The van der Waals surface area contributed by atoms with Crippen molar-refractivity contribution in [3.05, 3.63) is 29.1 Å². The van der Waals surface area contributed by atoms with E-state index in [0.717, 1.165) is 17.7 Å². The minimum atomic E-state index is -3.46. The van der Waals surface area contributed by atoms with E-state index in [0.29, 0.717) is 29.1 Å². The van der Waals surface area contributed by atoms with Gasteiger partial charge in [-0.05, 0) is 31.9 Å². The topological polar surface area (TPSA) is 81.6 Å². The number of ether oxygens (including phenoxy) is 2. The van der Waals surface area contributed by atoms with Crippen LogP contribution < -0.4 is 9.47 Å². The third kappa shape index (κ3) is 3.68. The normalized spacial score (nSPS) is 19.2.